The van der Waals surface area contributed by atoms with Gasteiger partial charge in [0.05, 0.1) is 12.7 Å². The van der Waals surface area contributed by atoms with Crippen molar-refractivity contribution < 1.29 is 4.79 Å². The Hall–Kier alpha value is -2.18. The number of rotatable bonds is 3. The molecule has 0 saturated carbocycles. The molecule has 2 aromatic heterocycles. The summed E-state index contributed by atoms with van der Waals surface area (Å²) in [5.74, 6) is 2.05. The molecule has 2 aromatic rings. The second-order valence-electron chi connectivity index (χ2n) is 6.41. The summed E-state index contributed by atoms with van der Waals surface area (Å²) in [6, 6.07) is 0. The van der Waals surface area contributed by atoms with E-state index in [1.165, 1.54) is 5.56 Å². The number of nitrogens with zero attached hydrogens (tertiary/aromatic N) is 5. The number of fused-ring (bicyclic) bond motifs is 1. The lowest BCUT2D eigenvalue weighted by atomic mass is 9.84. The van der Waals surface area contributed by atoms with E-state index in [4.69, 9.17) is 0 Å². The molecule has 0 bridgehead atoms. The number of hydrogen-bond donors (Lipinski definition) is 1. The Kier molecular flexibility index (Phi) is 3.72. The van der Waals surface area contributed by atoms with Gasteiger partial charge in [-0.1, -0.05) is 20.8 Å². The highest BCUT2D eigenvalue weighted by Gasteiger charge is 2.30. The van der Waals surface area contributed by atoms with E-state index < -0.39 is 0 Å². The maximum absolute atomic E-state index is 11.8. The molecule has 7 heteroatoms. The molecule has 3 heterocycles. The Bertz CT molecular complexity index is 686. The van der Waals surface area contributed by atoms with Crippen LogP contribution in [0.3, 0.4) is 0 Å². The summed E-state index contributed by atoms with van der Waals surface area (Å²) in [5.41, 5.74) is 1.23. The van der Waals surface area contributed by atoms with E-state index in [1.54, 1.807) is 0 Å². The van der Waals surface area contributed by atoms with E-state index in [0.717, 1.165) is 18.8 Å². The Labute approximate surface area is 129 Å². The molecule has 2 atom stereocenters. The molecular weight excluding hydrogens is 280 g/mol. The van der Waals surface area contributed by atoms with Gasteiger partial charge in [0.1, 0.15) is 5.82 Å². The molecule has 2 unspecified atom stereocenters. The van der Waals surface area contributed by atoms with E-state index >= 15 is 0 Å². The summed E-state index contributed by atoms with van der Waals surface area (Å²) in [7, 11) is 1.93. The zero-order valence-corrected chi connectivity index (χ0v) is 13.4. The van der Waals surface area contributed by atoms with E-state index in [9.17, 15) is 4.79 Å². The lowest BCUT2D eigenvalue weighted by molar-refractivity contribution is -0.118. The normalized spacial score (nSPS) is 21.0. The summed E-state index contributed by atoms with van der Waals surface area (Å²) in [4.78, 5) is 16.2. The molecule has 1 aliphatic heterocycles. The van der Waals surface area contributed by atoms with Crippen LogP contribution in [0.5, 0.6) is 0 Å². The van der Waals surface area contributed by atoms with Gasteiger partial charge in [0.25, 0.3) is 0 Å². The molecule has 0 spiro atoms. The van der Waals surface area contributed by atoms with Crippen LogP contribution in [0.25, 0.3) is 0 Å². The van der Waals surface area contributed by atoms with Crippen molar-refractivity contribution >= 4 is 11.9 Å². The van der Waals surface area contributed by atoms with Gasteiger partial charge in [0, 0.05) is 31.5 Å². The third-order valence-electron chi connectivity index (χ3n) is 4.22. The number of hydrogen-bond acceptors (Lipinski definition) is 4. The van der Waals surface area contributed by atoms with Crippen molar-refractivity contribution in [3.8, 4) is 0 Å². The molecular formula is C15H22N6O. The van der Waals surface area contributed by atoms with Crippen LogP contribution in [-0.4, -0.2) is 30.5 Å². The van der Waals surface area contributed by atoms with Gasteiger partial charge in [-0.2, -0.15) is 10.1 Å². The van der Waals surface area contributed by atoms with Crippen LogP contribution in [0, 0.1) is 11.8 Å². The predicted octanol–water partition coefficient (Wildman–Crippen LogP) is 1.58. The highest BCUT2D eigenvalue weighted by atomic mass is 16.2. The molecule has 118 valence electrons. The second-order valence-corrected chi connectivity index (χ2v) is 6.41. The second kappa shape index (κ2) is 5.55. The smallest absolute Gasteiger partial charge is 0.248 e. The van der Waals surface area contributed by atoms with Gasteiger partial charge in [-0.3, -0.25) is 14.8 Å². The number of nitrogens with one attached hydrogen (secondary N) is 1. The van der Waals surface area contributed by atoms with Crippen LogP contribution in [-0.2, 0) is 24.8 Å². The van der Waals surface area contributed by atoms with Crippen LogP contribution >= 0.6 is 0 Å². The lowest BCUT2D eigenvalue weighted by Gasteiger charge is -2.27. The summed E-state index contributed by atoms with van der Waals surface area (Å²) >= 11 is 0. The summed E-state index contributed by atoms with van der Waals surface area (Å²) < 4.78 is 3.74. The fraction of sp³-hybridized carbons (Fsp3) is 0.600. The largest absolute Gasteiger partial charge is 0.293 e. The van der Waals surface area contributed by atoms with Crippen molar-refractivity contribution in [3.05, 3.63) is 23.8 Å². The molecule has 1 N–H and O–H groups in total. The number of amides is 1. The Morgan fingerprint density at radius 2 is 2.23 bits per heavy atom. The number of aromatic nitrogens is 5. The Balaban J connectivity index is 1.80. The number of anilines is 1. The molecule has 7 nitrogen and oxygen atoms in total. The minimum absolute atomic E-state index is 0.0557. The number of carbonyl (C=O) groups excluding carboxylic acids is 1. The molecule has 0 fully saturated rings. The topological polar surface area (TPSA) is 77.6 Å². The van der Waals surface area contributed by atoms with E-state index in [0.29, 0.717) is 17.8 Å². The summed E-state index contributed by atoms with van der Waals surface area (Å²) in [6.45, 7) is 6.70. The predicted molar refractivity (Wildman–Crippen MR) is 82.3 cm³/mol. The van der Waals surface area contributed by atoms with E-state index in [-0.39, 0.29) is 11.8 Å². The zero-order chi connectivity index (χ0) is 15.9. The quantitative estimate of drug-likeness (QED) is 0.934. The minimum atomic E-state index is -0.0809. The van der Waals surface area contributed by atoms with Gasteiger partial charge in [0.15, 0.2) is 0 Å². The average molecular weight is 302 g/mol. The number of carbonyl (C=O) groups is 1. The van der Waals surface area contributed by atoms with E-state index in [2.05, 4.69) is 33.6 Å². The fourth-order valence-corrected chi connectivity index (χ4v) is 2.84. The summed E-state index contributed by atoms with van der Waals surface area (Å²) in [6.07, 6.45) is 4.83. The van der Waals surface area contributed by atoms with Crippen LogP contribution in [0.4, 0.5) is 5.95 Å². The third kappa shape index (κ3) is 2.75. The number of aryl methyl sites for hydroxylation is 1. The first-order valence-corrected chi connectivity index (χ1v) is 7.67. The van der Waals surface area contributed by atoms with Crippen LogP contribution in [0.2, 0.25) is 0 Å². The SMILES string of the molecule is CC(C)C(=O)Nc1nc2n(n1)CC(c1cnn(C)c1)C(C)C2. The molecule has 0 aromatic carbocycles. The zero-order valence-electron chi connectivity index (χ0n) is 13.4. The van der Waals surface area contributed by atoms with Crippen molar-refractivity contribution in [1.82, 2.24) is 24.5 Å². The summed E-state index contributed by atoms with van der Waals surface area (Å²) in [5, 5.41) is 11.5. The third-order valence-corrected chi connectivity index (χ3v) is 4.22. The van der Waals surface area contributed by atoms with Gasteiger partial charge in [-0.15, -0.1) is 5.10 Å². The molecule has 0 radical (unpaired) electrons. The Morgan fingerprint density at radius 1 is 1.45 bits per heavy atom. The van der Waals surface area contributed by atoms with Gasteiger partial charge in [-0.25, -0.2) is 4.68 Å². The Morgan fingerprint density at radius 3 is 2.86 bits per heavy atom. The van der Waals surface area contributed by atoms with Gasteiger partial charge < -0.3 is 0 Å². The molecule has 1 amide bonds. The van der Waals surface area contributed by atoms with Crippen LogP contribution < -0.4 is 5.32 Å². The first-order valence-electron chi connectivity index (χ1n) is 7.67. The van der Waals surface area contributed by atoms with Crippen molar-refractivity contribution in [2.24, 2.45) is 18.9 Å². The van der Waals surface area contributed by atoms with Gasteiger partial charge in [-0.05, 0) is 11.5 Å². The molecule has 22 heavy (non-hydrogen) atoms. The minimum Gasteiger partial charge on any atom is -0.293 e. The molecule has 0 aliphatic carbocycles. The fourth-order valence-electron chi connectivity index (χ4n) is 2.84. The lowest BCUT2D eigenvalue weighted by Crippen LogP contribution is -2.26. The van der Waals surface area contributed by atoms with Crippen molar-refractivity contribution in [1.29, 1.82) is 0 Å². The maximum atomic E-state index is 11.8. The molecule has 0 saturated heterocycles. The average Bonchev–Trinajstić information content (AvgIpc) is 3.03. The maximum Gasteiger partial charge on any atom is 0.248 e. The van der Waals surface area contributed by atoms with Crippen LogP contribution in [0.15, 0.2) is 12.4 Å². The first-order chi connectivity index (χ1) is 10.4. The highest BCUT2D eigenvalue weighted by Crippen LogP contribution is 2.32. The van der Waals surface area contributed by atoms with Crippen molar-refractivity contribution in [3.63, 3.8) is 0 Å². The first kappa shape index (κ1) is 14.7. The van der Waals surface area contributed by atoms with Crippen molar-refractivity contribution in [2.75, 3.05) is 5.32 Å². The van der Waals surface area contributed by atoms with Crippen molar-refractivity contribution in [2.45, 2.75) is 39.7 Å². The standard InChI is InChI=1S/C15H22N6O/c1-9(2)14(22)18-15-17-13-5-10(3)12(8-21(13)19-15)11-6-16-20(4)7-11/h6-7,9-10,12H,5,8H2,1-4H3,(H,18,19,22). The van der Waals surface area contributed by atoms with E-state index in [1.807, 2.05) is 36.5 Å². The molecule has 1 aliphatic rings. The highest BCUT2D eigenvalue weighted by molar-refractivity contribution is 5.90. The van der Waals surface area contributed by atoms with Crippen LogP contribution in [0.1, 0.15) is 38.1 Å². The van der Waals surface area contributed by atoms with Gasteiger partial charge >= 0.3 is 0 Å². The van der Waals surface area contributed by atoms with Gasteiger partial charge in [0.2, 0.25) is 11.9 Å². The monoisotopic (exact) mass is 302 g/mol. The molecule has 3 rings (SSSR count).